The van der Waals surface area contributed by atoms with Crippen molar-refractivity contribution >= 4 is 17.6 Å². The summed E-state index contributed by atoms with van der Waals surface area (Å²) < 4.78 is 0. The van der Waals surface area contributed by atoms with Crippen molar-refractivity contribution in [3.05, 3.63) is 41.6 Å². The zero-order valence-corrected chi connectivity index (χ0v) is 13.1. The van der Waals surface area contributed by atoms with Gasteiger partial charge in [0.15, 0.2) is 0 Å². The number of nitrogens with one attached hydrogen (secondary N) is 2. The number of nitriles is 1. The molecule has 0 aromatic heterocycles. The topological polar surface area (TPSA) is 102 Å². The fraction of sp³-hybridized carbons (Fsp3) is 0.353. The third kappa shape index (κ3) is 7.67. The molecule has 0 heterocycles. The number of unbranched alkanes of at least 4 members (excludes halogenated alkanes) is 2. The molecule has 0 unspecified atom stereocenters. The Labute approximate surface area is 135 Å². The number of benzene rings is 1. The van der Waals surface area contributed by atoms with Crippen molar-refractivity contribution in [2.24, 2.45) is 0 Å². The second kappa shape index (κ2) is 10.0. The predicted octanol–water partition coefficient (Wildman–Crippen LogP) is 2.58. The number of hydrogen-bond donors (Lipinski definition) is 3. The minimum atomic E-state index is -0.814. The van der Waals surface area contributed by atoms with Gasteiger partial charge in [-0.25, -0.2) is 0 Å². The Hall–Kier alpha value is -2.81. The van der Waals surface area contributed by atoms with E-state index in [1.54, 1.807) is 0 Å². The average molecular weight is 315 g/mol. The average Bonchev–Trinajstić information content (AvgIpc) is 2.52. The van der Waals surface area contributed by atoms with Gasteiger partial charge in [0.25, 0.3) is 5.91 Å². The monoisotopic (exact) mass is 315 g/mol. The molecule has 3 N–H and O–H groups in total. The number of carboxylic acids is 1. The largest absolute Gasteiger partial charge is 0.481 e. The van der Waals surface area contributed by atoms with Crippen molar-refractivity contribution in [1.82, 2.24) is 5.32 Å². The van der Waals surface area contributed by atoms with E-state index < -0.39 is 11.9 Å². The number of aryl methyl sites for hydroxylation is 1. The molecule has 1 rings (SSSR count). The molecule has 0 aliphatic heterocycles. The number of anilines is 1. The first-order valence-corrected chi connectivity index (χ1v) is 7.46. The van der Waals surface area contributed by atoms with Crippen LogP contribution in [0.1, 0.15) is 31.2 Å². The fourth-order valence-corrected chi connectivity index (χ4v) is 1.83. The van der Waals surface area contributed by atoms with Crippen LogP contribution >= 0.6 is 0 Å². The first-order valence-electron chi connectivity index (χ1n) is 7.46. The molecule has 0 saturated heterocycles. The molecular weight excluding hydrogens is 294 g/mol. The molecule has 6 nitrogen and oxygen atoms in total. The Balaban J connectivity index is 2.36. The van der Waals surface area contributed by atoms with E-state index in [0.717, 1.165) is 17.7 Å². The van der Waals surface area contributed by atoms with Gasteiger partial charge < -0.3 is 15.7 Å². The smallest absolute Gasteiger partial charge is 0.303 e. The number of carboxylic acid groups (broad SMARTS) is 1. The molecule has 0 saturated carbocycles. The summed E-state index contributed by atoms with van der Waals surface area (Å²) in [5, 5.41) is 23.1. The summed E-state index contributed by atoms with van der Waals surface area (Å²) in [5.74, 6) is -1.25. The van der Waals surface area contributed by atoms with Crippen molar-refractivity contribution in [3.8, 4) is 6.07 Å². The van der Waals surface area contributed by atoms with E-state index >= 15 is 0 Å². The number of aliphatic carboxylic acids is 1. The predicted molar refractivity (Wildman–Crippen MR) is 87.6 cm³/mol. The zero-order chi connectivity index (χ0) is 17.1. The number of carbonyl (C=O) groups excluding carboxylic acids is 1. The van der Waals surface area contributed by atoms with E-state index in [9.17, 15) is 9.59 Å². The van der Waals surface area contributed by atoms with Crippen LogP contribution in [-0.2, 0) is 9.59 Å². The maximum atomic E-state index is 11.9. The highest BCUT2D eigenvalue weighted by molar-refractivity contribution is 5.97. The second-order valence-corrected chi connectivity index (χ2v) is 5.14. The lowest BCUT2D eigenvalue weighted by molar-refractivity contribution is -0.137. The minimum Gasteiger partial charge on any atom is -0.481 e. The maximum absolute atomic E-state index is 11.9. The van der Waals surface area contributed by atoms with Gasteiger partial charge in [-0.2, -0.15) is 5.26 Å². The van der Waals surface area contributed by atoms with E-state index in [-0.39, 0.29) is 12.0 Å². The first-order chi connectivity index (χ1) is 11.0. The van der Waals surface area contributed by atoms with Crippen LogP contribution in [-0.4, -0.2) is 23.5 Å². The quantitative estimate of drug-likeness (QED) is 0.369. The fourth-order valence-electron chi connectivity index (χ4n) is 1.83. The molecule has 0 bridgehead atoms. The molecule has 1 aromatic carbocycles. The molecule has 0 spiro atoms. The van der Waals surface area contributed by atoms with Crippen LogP contribution in [0.3, 0.4) is 0 Å². The molecule has 6 heteroatoms. The number of hydrogen-bond acceptors (Lipinski definition) is 4. The number of rotatable bonds is 9. The van der Waals surface area contributed by atoms with E-state index in [1.165, 1.54) is 6.20 Å². The van der Waals surface area contributed by atoms with Crippen LogP contribution in [0.15, 0.2) is 36.0 Å². The van der Waals surface area contributed by atoms with Crippen molar-refractivity contribution in [3.63, 3.8) is 0 Å². The highest BCUT2D eigenvalue weighted by Gasteiger charge is 2.07. The summed E-state index contributed by atoms with van der Waals surface area (Å²) >= 11 is 0. The van der Waals surface area contributed by atoms with E-state index in [0.29, 0.717) is 19.4 Å². The zero-order valence-electron chi connectivity index (χ0n) is 13.1. The molecule has 0 fully saturated rings. The van der Waals surface area contributed by atoms with Crippen LogP contribution in [0.5, 0.6) is 0 Å². The summed E-state index contributed by atoms with van der Waals surface area (Å²) in [6, 6.07) is 9.44. The highest BCUT2D eigenvalue weighted by Crippen LogP contribution is 2.09. The Morgan fingerprint density at radius 3 is 2.52 bits per heavy atom. The van der Waals surface area contributed by atoms with Crippen molar-refractivity contribution in [2.75, 3.05) is 11.9 Å². The number of carbonyl (C=O) groups is 2. The lowest BCUT2D eigenvalue weighted by Crippen LogP contribution is -2.26. The van der Waals surface area contributed by atoms with Gasteiger partial charge in [0.2, 0.25) is 0 Å². The van der Waals surface area contributed by atoms with Crippen molar-refractivity contribution in [1.29, 1.82) is 5.26 Å². The van der Waals surface area contributed by atoms with Crippen LogP contribution in [0.4, 0.5) is 5.69 Å². The molecule has 122 valence electrons. The van der Waals surface area contributed by atoms with Gasteiger partial charge in [-0.05, 0) is 31.9 Å². The van der Waals surface area contributed by atoms with Gasteiger partial charge in [0.1, 0.15) is 11.6 Å². The first kappa shape index (κ1) is 18.2. The van der Waals surface area contributed by atoms with Crippen LogP contribution in [0.25, 0.3) is 0 Å². The van der Waals surface area contributed by atoms with E-state index in [1.807, 2.05) is 37.3 Å². The Bertz CT molecular complexity index is 601. The Kier molecular flexibility index (Phi) is 7.94. The van der Waals surface area contributed by atoms with Crippen molar-refractivity contribution < 1.29 is 14.7 Å². The summed E-state index contributed by atoms with van der Waals surface area (Å²) in [7, 11) is 0. The van der Waals surface area contributed by atoms with Gasteiger partial charge in [-0.15, -0.1) is 0 Å². The van der Waals surface area contributed by atoms with Crippen LogP contribution in [0.2, 0.25) is 0 Å². The molecule has 0 aliphatic rings. The van der Waals surface area contributed by atoms with Crippen molar-refractivity contribution in [2.45, 2.75) is 32.6 Å². The van der Waals surface area contributed by atoms with Gasteiger partial charge in [-0.3, -0.25) is 9.59 Å². The lowest BCUT2D eigenvalue weighted by atomic mass is 10.2. The summed E-state index contributed by atoms with van der Waals surface area (Å²) in [4.78, 5) is 22.2. The van der Waals surface area contributed by atoms with Gasteiger partial charge in [0, 0.05) is 24.9 Å². The molecule has 0 aliphatic carbocycles. The Morgan fingerprint density at radius 2 is 1.91 bits per heavy atom. The maximum Gasteiger partial charge on any atom is 0.303 e. The number of nitrogens with zero attached hydrogens (tertiary/aromatic N) is 1. The van der Waals surface area contributed by atoms with Gasteiger partial charge in [-0.1, -0.05) is 24.1 Å². The molecule has 1 amide bonds. The normalized spacial score (nSPS) is 10.7. The van der Waals surface area contributed by atoms with Gasteiger partial charge in [0.05, 0.1) is 0 Å². The third-order valence-electron chi connectivity index (χ3n) is 3.15. The number of amides is 1. The van der Waals surface area contributed by atoms with Crippen LogP contribution < -0.4 is 10.6 Å². The molecule has 0 atom stereocenters. The van der Waals surface area contributed by atoms with Crippen LogP contribution in [0, 0.1) is 18.3 Å². The standard InChI is InChI=1S/C17H21N3O3/c1-13-6-8-15(9-7-13)20-12-14(11-18)17(23)19-10-4-2-3-5-16(21)22/h6-9,12,20H,2-5,10H2,1H3,(H,19,23)(H,21,22)/b14-12-. The van der Waals surface area contributed by atoms with E-state index in [4.69, 9.17) is 10.4 Å². The summed E-state index contributed by atoms with van der Waals surface area (Å²) in [6.07, 6.45) is 3.51. The second-order valence-electron chi connectivity index (χ2n) is 5.14. The SMILES string of the molecule is Cc1ccc(N/C=C(/C#N)C(=O)NCCCCCC(=O)O)cc1. The molecule has 0 radical (unpaired) electrons. The third-order valence-corrected chi connectivity index (χ3v) is 3.15. The summed E-state index contributed by atoms with van der Waals surface area (Å²) in [6.45, 7) is 2.40. The molecule has 23 heavy (non-hydrogen) atoms. The highest BCUT2D eigenvalue weighted by atomic mass is 16.4. The molecule has 1 aromatic rings. The minimum absolute atomic E-state index is 0.00360. The Morgan fingerprint density at radius 1 is 1.22 bits per heavy atom. The lowest BCUT2D eigenvalue weighted by Gasteiger charge is -2.05. The molecular formula is C17H21N3O3. The van der Waals surface area contributed by atoms with Gasteiger partial charge >= 0.3 is 5.97 Å². The van der Waals surface area contributed by atoms with E-state index in [2.05, 4.69) is 10.6 Å². The summed E-state index contributed by atoms with van der Waals surface area (Å²) in [5.41, 5.74) is 1.92.